The molecule has 3 N–H and O–H groups in total. The first-order chi connectivity index (χ1) is 9.28. The van der Waals surface area contributed by atoms with Crippen LogP contribution < -0.4 is 11.1 Å². The Labute approximate surface area is 114 Å². The molecule has 0 amide bonds. The molecule has 4 bridgehead atoms. The highest BCUT2D eigenvalue weighted by atomic mass is 16.4. The zero-order valence-electron chi connectivity index (χ0n) is 11.5. The fraction of sp³-hybridized carbons (Fsp3) is 0.750. The Morgan fingerprint density at radius 2 is 1.74 bits per heavy atom. The van der Waals surface area contributed by atoms with Gasteiger partial charge >= 0.3 is 0 Å². The van der Waals surface area contributed by atoms with Crippen molar-refractivity contribution in [3.05, 3.63) is 17.9 Å². The van der Waals surface area contributed by atoms with Crippen LogP contribution in [-0.2, 0) is 6.54 Å². The van der Waals surface area contributed by atoms with Crippen molar-refractivity contribution in [1.82, 2.24) is 5.32 Å². The van der Waals surface area contributed by atoms with Crippen LogP contribution in [-0.4, -0.2) is 6.54 Å². The van der Waals surface area contributed by atoms with Crippen LogP contribution >= 0.6 is 0 Å². The van der Waals surface area contributed by atoms with Crippen LogP contribution in [0.5, 0.6) is 0 Å². The molecule has 4 aliphatic rings. The third-order valence-electron chi connectivity index (χ3n) is 5.78. The van der Waals surface area contributed by atoms with Gasteiger partial charge < -0.3 is 15.5 Å². The lowest BCUT2D eigenvalue weighted by Crippen LogP contribution is -2.48. The van der Waals surface area contributed by atoms with Gasteiger partial charge in [0.1, 0.15) is 5.76 Å². The van der Waals surface area contributed by atoms with Crippen molar-refractivity contribution in [2.75, 3.05) is 12.3 Å². The van der Waals surface area contributed by atoms with Crippen molar-refractivity contribution >= 4 is 5.88 Å². The summed E-state index contributed by atoms with van der Waals surface area (Å²) < 4.78 is 5.41. The third kappa shape index (κ3) is 2.18. The van der Waals surface area contributed by atoms with Crippen molar-refractivity contribution in [3.8, 4) is 0 Å². The summed E-state index contributed by atoms with van der Waals surface area (Å²) in [5.74, 6) is 6.55. The van der Waals surface area contributed by atoms with Crippen LogP contribution in [0.3, 0.4) is 0 Å². The Morgan fingerprint density at radius 1 is 1.05 bits per heavy atom. The van der Waals surface area contributed by atoms with E-state index in [1.54, 1.807) is 6.42 Å². The van der Waals surface area contributed by atoms with E-state index in [1.807, 2.05) is 12.1 Å². The zero-order valence-corrected chi connectivity index (χ0v) is 11.5. The summed E-state index contributed by atoms with van der Waals surface area (Å²) in [7, 11) is 0. The van der Waals surface area contributed by atoms with Crippen LogP contribution in [0.4, 0.5) is 5.88 Å². The predicted molar refractivity (Wildman–Crippen MR) is 75.4 cm³/mol. The van der Waals surface area contributed by atoms with Gasteiger partial charge in [0.05, 0.1) is 6.54 Å². The number of rotatable bonds is 4. The highest BCUT2D eigenvalue weighted by Crippen LogP contribution is 2.56. The average molecular weight is 260 g/mol. The molecule has 0 aliphatic heterocycles. The second kappa shape index (κ2) is 4.55. The number of nitrogens with two attached hydrogens (primary N) is 1. The summed E-state index contributed by atoms with van der Waals surface area (Å²) in [4.78, 5) is 0. The Hall–Kier alpha value is -0.960. The Bertz CT molecular complexity index is 425. The van der Waals surface area contributed by atoms with Gasteiger partial charge in [-0.15, -0.1) is 0 Å². The molecular formula is C16H24N2O. The Balaban J connectivity index is 1.33. The topological polar surface area (TPSA) is 51.2 Å². The van der Waals surface area contributed by atoms with Crippen LogP contribution in [0.2, 0.25) is 0 Å². The van der Waals surface area contributed by atoms with Gasteiger partial charge in [0, 0.05) is 6.07 Å². The maximum absolute atomic E-state index is 5.59. The van der Waals surface area contributed by atoms with E-state index < -0.39 is 0 Å². The SMILES string of the molecule is Nc1ccc(CNCC2C3CC4CC(C3)CC2C4)o1. The first-order valence-electron chi connectivity index (χ1n) is 7.83. The van der Waals surface area contributed by atoms with E-state index in [-0.39, 0.29) is 0 Å². The molecule has 3 heteroatoms. The summed E-state index contributed by atoms with van der Waals surface area (Å²) >= 11 is 0. The van der Waals surface area contributed by atoms with E-state index in [9.17, 15) is 0 Å². The normalized spacial score (nSPS) is 39.9. The molecule has 19 heavy (non-hydrogen) atoms. The molecule has 1 aromatic rings. The molecule has 1 heterocycles. The maximum Gasteiger partial charge on any atom is 0.190 e. The lowest BCUT2D eigenvalue weighted by atomic mass is 9.52. The van der Waals surface area contributed by atoms with Gasteiger partial charge in [-0.25, -0.2) is 0 Å². The number of anilines is 1. The van der Waals surface area contributed by atoms with Crippen molar-refractivity contribution in [1.29, 1.82) is 0 Å². The van der Waals surface area contributed by atoms with E-state index in [1.165, 1.54) is 25.7 Å². The molecule has 0 atom stereocenters. The molecule has 3 nitrogen and oxygen atoms in total. The molecule has 0 unspecified atom stereocenters. The monoisotopic (exact) mass is 260 g/mol. The summed E-state index contributed by atoms with van der Waals surface area (Å²) in [6, 6.07) is 3.80. The van der Waals surface area contributed by atoms with E-state index in [0.29, 0.717) is 5.88 Å². The van der Waals surface area contributed by atoms with E-state index in [2.05, 4.69) is 5.32 Å². The van der Waals surface area contributed by atoms with Crippen molar-refractivity contribution in [2.45, 2.75) is 38.6 Å². The first-order valence-corrected chi connectivity index (χ1v) is 7.83. The fourth-order valence-electron chi connectivity index (χ4n) is 5.22. The molecule has 4 fully saturated rings. The molecule has 0 saturated heterocycles. The van der Waals surface area contributed by atoms with Crippen LogP contribution in [0.25, 0.3) is 0 Å². The number of hydrogen-bond acceptors (Lipinski definition) is 3. The van der Waals surface area contributed by atoms with Gasteiger partial charge in [0.2, 0.25) is 0 Å². The summed E-state index contributed by atoms with van der Waals surface area (Å²) in [6.45, 7) is 1.98. The minimum Gasteiger partial charge on any atom is -0.445 e. The highest BCUT2D eigenvalue weighted by Gasteiger charge is 2.47. The van der Waals surface area contributed by atoms with Gasteiger partial charge in [-0.3, -0.25) is 0 Å². The van der Waals surface area contributed by atoms with Crippen LogP contribution in [0, 0.1) is 29.6 Å². The minimum absolute atomic E-state index is 0.520. The third-order valence-corrected chi connectivity index (χ3v) is 5.78. The van der Waals surface area contributed by atoms with Crippen molar-refractivity contribution in [2.24, 2.45) is 29.6 Å². The molecular weight excluding hydrogens is 236 g/mol. The van der Waals surface area contributed by atoms with Gasteiger partial charge in [-0.1, -0.05) is 0 Å². The Kier molecular flexibility index (Phi) is 2.83. The molecule has 5 rings (SSSR count). The summed E-state index contributed by atoms with van der Waals surface area (Å²) in [6.07, 6.45) is 7.57. The van der Waals surface area contributed by atoms with Gasteiger partial charge in [-0.2, -0.15) is 0 Å². The average Bonchev–Trinajstić information content (AvgIpc) is 2.78. The summed E-state index contributed by atoms with van der Waals surface area (Å²) in [5, 5.41) is 3.59. The quantitative estimate of drug-likeness (QED) is 0.875. The first kappa shape index (κ1) is 11.8. The lowest BCUT2D eigenvalue weighted by molar-refractivity contribution is -0.0356. The number of hydrogen-bond donors (Lipinski definition) is 2. The van der Waals surface area contributed by atoms with E-state index in [4.69, 9.17) is 10.2 Å². The van der Waals surface area contributed by atoms with Crippen LogP contribution in [0.1, 0.15) is 37.9 Å². The molecule has 1 aromatic heterocycles. The highest BCUT2D eigenvalue weighted by molar-refractivity contribution is 5.25. The standard InChI is InChI=1S/C16H24N2O/c17-16-2-1-14(19-16)8-18-9-15-12-4-10-3-11(6-12)7-13(15)5-10/h1-2,10-13,15,18H,3-9,17H2. The minimum atomic E-state index is 0.520. The number of nitrogen functional groups attached to an aromatic ring is 1. The van der Waals surface area contributed by atoms with E-state index in [0.717, 1.165) is 48.4 Å². The molecule has 4 saturated carbocycles. The smallest absolute Gasteiger partial charge is 0.190 e. The van der Waals surface area contributed by atoms with Crippen molar-refractivity contribution in [3.63, 3.8) is 0 Å². The number of furan rings is 1. The summed E-state index contributed by atoms with van der Waals surface area (Å²) in [5.41, 5.74) is 5.59. The molecule has 0 aromatic carbocycles. The van der Waals surface area contributed by atoms with Gasteiger partial charge in [0.15, 0.2) is 5.88 Å². The molecule has 0 spiro atoms. The number of nitrogens with one attached hydrogen (secondary N) is 1. The molecule has 4 aliphatic carbocycles. The predicted octanol–water partition coefficient (Wildman–Crippen LogP) is 3.02. The van der Waals surface area contributed by atoms with Crippen molar-refractivity contribution < 1.29 is 4.42 Å². The second-order valence-electron chi connectivity index (χ2n) is 7.03. The van der Waals surface area contributed by atoms with E-state index >= 15 is 0 Å². The largest absolute Gasteiger partial charge is 0.445 e. The van der Waals surface area contributed by atoms with Crippen LogP contribution in [0.15, 0.2) is 16.5 Å². The van der Waals surface area contributed by atoms with Gasteiger partial charge in [-0.05, 0) is 74.3 Å². The molecule has 0 radical (unpaired) electrons. The molecule has 104 valence electrons. The maximum atomic E-state index is 5.59. The Morgan fingerprint density at radius 3 is 2.32 bits per heavy atom. The fourth-order valence-corrected chi connectivity index (χ4v) is 5.22. The van der Waals surface area contributed by atoms with Gasteiger partial charge in [0.25, 0.3) is 0 Å². The zero-order chi connectivity index (χ0) is 12.8. The second-order valence-corrected chi connectivity index (χ2v) is 7.03. The lowest BCUT2D eigenvalue weighted by Gasteiger charge is -2.54.